The molecule has 2 atom stereocenters. The Balaban J connectivity index is 1.03. The number of ether oxygens (including phenoxy) is 1. The van der Waals surface area contributed by atoms with Gasteiger partial charge in [0.1, 0.15) is 18.1 Å². The number of phenolic OH excluding ortho intramolecular Hbond substituents is 1. The minimum absolute atomic E-state index is 0.0347. The smallest absolute Gasteiger partial charge is 0.405 e. The number of aromatic amines is 1. The zero-order valence-corrected chi connectivity index (χ0v) is 26.7. The van der Waals surface area contributed by atoms with Crippen molar-refractivity contribution in [1.82, 2.24) is 15.6 Å². The number of phenols is 1. The number of H-pyrrole nitrogens is 1. The van der Waals surface area contributed by atoms with Gasteiger partial charge in [0.2, 0.25) is 5.56 Å². The van der Waals surface area contributed by atoms with Crippen molar-refractivity contribution in [2.75, 3.05) is 13.1 Å². The first-order valence-corrected chi connectivity index (χ1v) is 16.0. The van der Waals surface area contributed by atoms with Crippen molar-refractivity contribution in [2.45, 2.75) is 25.2 Å². The van der Waals surface area contributed by atoms with Crippen molar-refractivity contribution in [3.63, 3.8) is 0 Å². The van der Waals surface area contributed by atoms with Gasteiger partial charge in [-0.05, 0) is 82.2 Å². The van der Waals surface area contributed by atoms with E-state index in [0.29, 0.717) is 41.9 Å². The molecule has 0 radical (unpaired) electrons. The van der Waals surface area contributed by atoms with Gasteiger partial charge in [0.05, 0.1) is 17.7 Å². The van der Waals surface area contributed by atoms with Crippen LogP contribution in [0.3, 0.4) is 0 Å². The Bertz CT molecular complexity index is 2100. The molecule has 1 heterocycles. The van der Waals surface area contributed by atoms with Crippen molar-refractivity contribution >= 4 is 17.0 Å². The fourth-order valence-electron chi connectivity index (χ4n) is 5.91. The summed E-state index contributed by atoms with van der Waals surface area (Å²) < 4.78 is 6.14. The average Bonchev–Trinajstić information content (AvgIpc) is 3.12. The van der Waals surface area contributed by atoms with E-state index in [1.807, 2.05) is 66.7 Å². The van der Waals surface area contributed by atoms with Crippen LogP contribution in [0.1, 0.15) is 40.0 Å². The van der Waals surface area contributed by atoms with Crippen molar-refractivity contribution in [3.05, 3.63) is 166 Å². The number of amides is 1. The number of carbonyl (C=O) groups is 1. The SMILES string of the molecule is O=C(O)NC(c1ccccc1)c1cccc(OCc2cccc(-c3ccc(CCNC[C@H](O)c4ccc(O)c5[nH]c(=O)ccc45)cc3)c2)c1. The zero-order valence-electron chi connectivity index (χ0n) is 26.7. The van der Waals surface area contributed by atoms with E-state index in [4.69, 9.17) is 4.74 Å². The number of fused-ring (bicyclic) bond motifs is 1. The molecule has 0 aliphatic rings. The van der Waals surface area contributed by atoms with Gasteiger partial charge in [0.25, 0.3) is 0 Å². The van der Waals surface area contributed by atoms with Gasteiger partial charge >= 0.3 is 6.09 Å². The third-order valence-electron chi connectivity index (χ3n) is 8.41. The Morgan fingerprint density at radius 3 is 2.35 bits per heavy atom. The second-order valence-electron chi connectivity index (χ2n) is 11.8. The van der Waals surface area contributed by atoms with E-state index in [0.717, 1.165) is 39.8 Å². The average molecular weight is 656 g/mol. The summed E-state index contributed by atoms with van der Waals surface area (Å²) in [4.78, 5) is 25.8. The van der Waals surface area contributed by atoms with Crippen LogP contribution in [0.4, 0.5) is 4.79 Å². The number of benzene rings is 5. The molecule has 9 nitrogen and oxygen atoms in total. The summed E-state index contributed by atoms with van der Waals surface area (Å²) in [5.41, 5.74) is 6.58. The third kappa shape index (κ3) is 8.34. The molecule has 6 aromatic rings. The number of hydrogen-bond acceptors (Lipinski definition) is 6. The Kier molecular flexibility index (Phi) is 10.3. The highest BCUT2D eigenvalue weighted by molar-refractivity contribution is 5.87. The van der Waals surface area contributed by atoms with E-state index >= 15 is 0 Å². The summed E-state index contributed by atoms with van der Waals surface area (Å²) in [6, 6.07) is 39.1. The molecule has 248 valence electrons. The Hall–Kier alpha value is -5.90. The number of aliphatic hydroxyl groups is 1. The molecular formula is C40H37N3O6. The molecule has 0 fully saturated rings. The zero-order chi connectivity index (χ0) is 34.2. The number of aromatic nitrogens is 1. The van der Waals surface area contributed by atoms with Crippen molar-refractivity contribution in [1.29, 1.82) is 0 Å². The minimum atomic E-state index is -1.10. The first-order valence-electron chi connectivity index (χ1n) is 16.0. The standard InChI is InChI=1S/C40H37N3O6/c44-35-18-16-33(34-17-19-37(46)42-39(34)35)36(45)24-41-21-20-26-12-14-28(15-13-26)30-9-4-6-27(22-30)25-49-32-11-5-10-31(23-32)38(43-40(47)48)29-7-2-1-3-8-29/h1-19,22-23,36,38,41,43-45H,20-21,24-25H2,(H,42,46)(H,47,48)/t36-,38?/m0/s1. The lowest BCUT2D eigenvalue weighted by atomic mass is 9.98. The number of aromatic hydroxyl groups is 1. The van der Waals surface area contributed by atoms with Crippen LogP contribution < -0.4 is 20.9 Å². The summed E-state index contributed by atoms with van der Waals surface area (Å²) in [6.07, 6.45) is -1.13. The minimum Gasteiger partial charge on any atom is -0.506 e. The lowest BCUT2D eigenvalue weighted by molar-refractivity contribution is 0.176. The van der Waals surface area contributed by atoms with Crippen LogP contribution in [0.2, 0.25) is 0 Å². The van der Waals surface area contributed by atoms with E-state index in [-0.39, 0.29) is 11.3 Å². The molecule has 1 amide bonds. The molecule has 6 rings (SSSR count). The fourth-order valence-corrected chi connectivity index (χ4v) is 5.91. The predicted molar refractivity (Wildman–Crippen MR) is 190 cm³/mol. The van der Waals surface area contributed by atoms with Crippen molar-refractivity contribution < 1.29 is 24.9 Å². The van der Waals surface area contributed by atoms with Gasteiger partial charge in [-0.1, -0.05) is 91.0 Å². The first kappa shape index (κ1) is 33.0. The topological polar surface area (TPSA) is 144 Å². The van der Waals surface area contributed by atoms with Gasteiger partial charge < -0.3 is 35.7 Å². The molecule has 9 heteroatoms. The van der Waals surface area contributed by atoms with Gasteiger partial charge in [0, 0.05) is 18.0 Å². The molecule has 1 aromatic heterocycles. The first-order chi connectivity index (χ1) is 23.8. The second kappa shape index (κ2) is 15.3. The predicted octanol–water partition coefficient (Wildman–Crippen LogP) is 6.70. The molecular weight excluding hydrogens is 618 g/mol. The summed E-state index contributed by atoms with van der Waals surface area (Å²) in [5, 5.41) is 36.9. The molecule has 0 aliphatic carbocycles. The lowest BCUT2D eigenvalue weighted by Gasteiger charge is -2.19. The summed E-state index contributed by atoms with van der Waals surface area (Å²) in [5.74, 6) is 0.613. The van der Waals surface area contributed by atoms with E-state index in [9.17, 15) is 24.9 Å². The summed E-state index contributed by atoms with van der Waals surface area (Å²) in [7, 11) is 0. The van der Waals surface area contributed by atoms with Crippen LogP contribution in [0.25, 0.3) is 22.0 Å². The molecule has 0 saturated heterocycles. The molecule has 0 aliphatic heterocycles. The lowest BCUT2D eigenvalue weighted by Crippen LogP contribution is -2.27. The monoisotopic (exact) mass is 655 g/mol. The van der Waals surface area contributed by atoms with Crippen LogP contribution in [0.5, 0.6) is 11.5 Å². The molecule has 0 bridgehead atoms. The van der Waals surface area contributed by atoms with Crippen LogP contribution in [-0.2, 0) is 13.0 Å². The Labute approximate surface area is 283 Å². The van der Waals surface area contributed by atoms with E-state index in [1.54, 1.807) is 12.1 Å². The number of hydrogen-bond donors (Lipinski definition) is 6. The van der Waals surface area contributed by atoms with Crippen LogP contribution >= 0.6 is 0 Å². The molecule has 49 heavy (non-hydrogen) atoms. The Morgan fingerprint density at radius 1 is 0.776 bits per heavy atom. The number of rotatable bonds is 13. The largest absolute Gasteiger partial charge is 0.506 e. The number of aliphatic hydroxyl groups excluding tert-OH is 1. The van der Waals surface area contributed by atoms with Crippen molar-refractivity contribution in [3.8, 4) is 22.6 Å². The highest BCUT2D eigenvalue weighted by Crippen LogP contribution is 2.29. The highest BCUT2D eigenvalue weighted by atomic mass is 16.5. The van der Waals surface area contributed by atoms with Gasteiger partial charge in [0.15, 0.2) is 0 Å². The molecule has 5 aromatic carbocycles. The molecule has 0 saturated carbocycles. The van der Waals surface area contributed by atoms with Crippen LogP contribution in [0, 0.1) is 0 Å². The van der Waals surface area contributed by atoms with Crippen LogP contribution in [0.15, 0.2) is 132 Å². The normalized spacial score (nSPS) is 12.3. The molecule has 6 N–H and O–H groups in total. The van der Waals surface area contributed by atoms with Crippen molar-refractivity contribution in [2.24, 2.45) is 0 Å². The molecule has 0 spiro atoms. The number of nitrogens with one attached hydrogen (secondary N) is 3. The van der Waals surface area contributed by atoms with E-state index in [2.05, 4.69) is 52.0 Å². The van der Waals surface area contributed by atoms with Gasteiger partial charge in [-0.15, -0.1) is 0 Å². The second-order valence-corrected chi connectivity index (χ2v) is 11.8. The maximum Gasteiger partial charge on any atom is 0.405 e. The third-order valence-corrected chi connectivity index (χ3v) is 8.41. The molecule has 1 unspecified atom stereocenters. The maximum absolute atomic E-state index is 11.7. The fraction of sp³-hybridized carbons (Fsp3) is 0.150. The van der Waals surface area contributed by atoms with Gasteiger partial charge in [-0.2, -0.15) is 0 Å². The van der Waals surface area contributed by atoms with E-state index in [1.165, 1.54) is 12.1 Å². The van der Waals surface area contributed by atoms with Gasteiger partial charge in [-0.25, -0.2) is 4.79 Å². The number of pyridine rings is 1. The highest BCUT2D eigenvalue weighted by Gasteiger charge is 2.17. The van der Waals surface area contributed by atoms with Gasteiger partial charge in [-0.3, -0.25) is 4.79 Å². The number of carboxylic acid groups (broad SMARTS) is 1. The maximum atomic E-state index is 11.7. The Morgan fingerprint density at radius 2 is 1.55 bits per heavy atom. The van der Waals surface area contributed by atoms with Crippen LogP contribution in [-0.4, -0.2) is 39.5 Å². The van der Waals surface area contributed by atoms with E-state index < -0.39 is 18.2 Å². The summed E-state index contributed by atoms with van der Waals surface area (Å²) in [6.45, 7) is 1.34. The quantitative estimate of drug-likeness (QED) is 0.0760. The summed E-state index contributed by atoms with van der Waals surface area (Å²) >= 11 is 0.